The molecule has 106 valence electrons. The van der Waals surface area contributed by atoms with E-state index in [2.05, 4.69) is 20.7 Å². The fourth-order valence-electron chi connectivity index (χ4n) is 1.43. The molecule has 0 aliphatic heterocycles. The van der Waals surface area contributed by atoms with Crippen LogP contribution in [0.4, 0.5) is 14.5 Å². The van der Waals surface area contributed by atoms with Crippen molar-refractivity contribution in [2.75, 3.05) is 12.3 Å². The summed E-state index contributed by atoms with van der Waals surface area (Å²) in [6, 6.07) is 0.591. The Bertz CT molecular complexity index is 497. The molecule has 0 saturated heterocycles. The molecule has 0 fully saturated rings. The Hall–Kier alpha value is -1.41. The van der Waals surface area contributed by atoms with Crippen molar-refractivity contribution in [1.82, 2.24) is 0 Å². The molecule has 0 saturated carbocycles. The molecule has 5 nitrogen and oxygen atoms in total. The normalized spacial score (nSPS) is 13.1. The maximum atomic E-state index is 13.8. The van der Waals surface area contributed by atoms with Crippen LogP contribution in [-0.4, -0.2) is 23.6 Å². The number of phenolic OH excluding ortho intramolecular Hbond substituents is 1. The molecule has 1 atom stereocenters. The van der Waals surface area contributed by atoms with E-state index in [0.29, 0.717) is 0 Å². The van der Waals surface area contributed by atoms with Gasteiger partial charge in [0.15, 0.2) is 0 Å². The quantitative estimate of drug-likeness (QED) is 0.442. The number of aromatic hydroxyl groups is 1. The third-order valence-corrected chi connectivity index (χ3v) is 3.14. The summed E-state index contributed by atoms with van der Waals surface area (Å²) in [5.74, 6) is -6.33. The van der Waals surface area contributed by atoms with Gasteiger partial charge in [0.1, 0.15) is 11.8 Å². The van der Waals surface area contributed by atoms with Crippen molar-refractivity contribution >= 4 is 27.6 Å². The molecule has 0 aliphatic rings. The SMILES string of the molecule is CCOC(=O)C(F)(F)[C@@H](N)c1c(Br)ccc(N)c1O. The van der Waals surface area contributed by atoms with Gasteiger partial charge in [0.05, 0.1) is 12.3 Å². The number of benzene rings is 1. The zero-order valence-electron chi connectivity index (χ0n) is 9.99. The van der Waals surface area contributed by atoms with Crippen molar-refractivity contribution in [3.63, 3.8) is 0 Å². The maximum Gasteiger partial charge on any atom is 0.379 e. The Labute approximate surface area is 116 Å². The molecule has 0 unspecified atom stereocenters. The number of hydrogen-bond donors (Lipinski definition) is 3. The first-order valence-corrected chi connectivity index (χ1v) is 6.10. The summed E-state index contributed by atoms with van der Waals surface area (Å²) in [5.41, 5.74) is 10.3. The predicted octanol–water partition coefficient (Wildman–Crippen LogP) is 1.94. The number of nitrogen functional groups attached to an aromatic ring is 1. The number of anilines is 1. The first kappa shape index (κ1) is 15.6. The van der Waals surface area contributed by atoms with E-state index in [4.69, 9.17) is 11.5 Å². The fourth-order valence-corrected chi connectivity index (χ4v) is 2.00. The fraction of sp³-hybridized carbons (Fsp3) is 0.364. The second-order valence-electron chi connectivity index (χ2n) is 3.72. The van der Waals surface area contributed by atoms with Crippen LogP contribution in [0.5, 0.6) is 5.75 Å². The third kappa shape index (κ3) is 2.95. The van der Waals surface area contributed by atoms with Gasteiger partial charge < -0.3 is 21.3 Å². The number of alkyl halides is 2. The molecule has 1 aromatic carbocycles. The number of nitrogens with two attached hydrogens (primary N) is 2. The van der Waals surface area contributed by atoms with Gasteiger partial charge in [0, 0.05) is 10.0 Å². The minimum atomic E-state index is -3.98. The first-order valence-electron chi connectivity index (χ1n) is 5.30. The first-order chi connectivity index (χ1) is 8.73. The Balaban J connectivity index is 3.23. The van der Waals surface area contributed by atoms with Crippen molar-refractivity contribution in [1.29, 1.82) is 0 Å². The average molecular weight is 339 g/mol. The van der Waals surface area contributed by atoms with Gasteiger partial charge in [-0.1, -0.05) is 15.9 Å². The molecule has 1 rings (SSSR count). The second kappa shape index (κ2) is 5.70. The van der Waals surface area contributed by atoms with Crippen LogP contribution in [0.3, 0.4) is 0 Å². The van der Waals surface area contributed by atoms with E-state index in [1.54, 1.807) is 0 Å². The number of ether oxygens (including phenoxy) is 1. The molecule has 0 amide bonds. The predicted molar refractivity (Wildman–Crippen MR) is 68.7 cm³/mol. The summed E-state index contributed by atoms with van der Waals surface area (Å²) >= 11 is 2.98. The standard InChI is InChI=1S/C11H13BrF2N2O3/c1-2-19-10(18)11(13,14)9(16)7-5(12)3-4-6(15)8(7)17/h3-4,9,17H,2,15-16H2,1H3/t9-/m0/s1. The van der Waals surface area contributed by atoms with Gasteiger partial charge in [-0.3, -0.25) is 0 Å². The van der Waals surface area contributed by atoms with E-state index in [9.17, 15) is 18.7 Å². The van der Waals surface area contributed by atoms with Crippen LogP contribution in [0.1, 0.15) is 18.5 Å². The highest BCUT2D eigenvalue weighted by Crippen LogP contribution is 2.41. The lowest BCUT2D eigenvalue weighted by molar-refractivity contribution is -0.174. The monoisotopic (exact) mass is 338 g/mol. The summed E-state index contributed by atoms with van der Waals surface area (Å²) in [4.78, 5) is 11.2. The molecule has 19 heavy (non-hydrogen) atoms. The van der Waals surface area contributed by atoms with Gasteiger partial charge in [0.2, 0.25) is 0 Å². The minimum Gasteiger partial charge on any atom is -0.505 e. The number of esters is 1. The molecule has 0 radical (unpaired) electrons. The van der Waals surface area contributed by atoms with Crippen molar-refractivity contribution in [2.45, 2.75) is 18.9 Å². The highest BCUT2D eigenvalue weighted by atomic mass is 79.9. The van der Waals surface area contributed by atoms with Gasteiger partial charge in [-0.05, 0) is 19.1 Å². The largest absolute Gasteiger partial charge is 0.505 e. The molecule has 1 aromatic rings. The van der Waals surface area contributed by atoms with Crippen LogP contribution in [-0.2, 0) is 9.53 Å². The van der Waals surface area contributed by atoms with Crippen LogP contribution >= 0.6 is 15.9 Å². The Kier molecular flexibility index (Phi) is 4.70. The lowest BCUT2D eigenvalue weighted by Crippen LogP contribution is -2.42. The Morgan fingerprint density at radius 2 is 2.16 bits per heavy atom. The zero-order valence-corrected chi connectivity index (χ0v) is 11.6. The number of carbonyl (C=O) groups is 1. The van der Waals surface area contributed by atoms with E-state index >= 15 is 0 Å². The highest BCUT2D eigenvalue weighted by molar-refractivity contribution is 9.10. The van der Waals surface area contributed by atoms with E-state index < -0.39 is 23.7 Å². The van der Waals surface area contributed by atoms with Crippen LogP contribution in [0.15, 0.2) is 16.6 Å². The average Bonchev–Trinajstić information content (AvgIpc) is 2.34. The molecule has 0 aromatic heterocycles. The van der Waals surface area contributed by atoms with Gasteiger partial charge >= 0.3 is 11.9 Å². The number of hydrogen-bond acceptors (Lipinski definition) is 5. The molecular weight excluding hydrogens is 326 g/mol. The van der Waals surface area contributed by atoms with Gasteiger partial charge in [0.25, 0.3) is 0 Å². The van der Waals surface area contributed by atoms with E-state index in [1.165, 1.54) is 19.1 Å². The summed E-state index contributed by atoms with van der Waals surface area (Å²) in [6.45, 7) is 1.19. The molecule has 8 heteroatoms. The van der Waals surface area contributed by atoms with Crippen molar-refractivity contribution in [3.05, 3.63) is 22.2 Å². The maximum absolute atomic E-state index is 13.8. The second-order valence-corrected chi connectivity index (χ2v) is 4.57. The number of carbonyl (C=O) groups excluding carboxylic acids is 1. The van der Waals surface area contributed by atoms with Crippen molar-refractivity contribution < 1.29 is 23.4 Å². The molecule has 0 spiro atoms. The molecular formula is C11H13BrF2N2O3. The van der Waals surface area contributed by atoms with E-state index in [1.807, 2.05) is 0 Å². The number of halogens is 3. The van der Waals surface area contributed by atoms with E-state index in [0.717, 1.165) is 0 Å². The van der Waals surface area contributed by atoms with Gasteiger partial charge in [-0.25, -0.2) is 4.79 Å². The summed E-state index contributed by atoms with van der Waals surface area (Å²) in [7, 11) is 0. The number of rotatable bonds is 4. The molecule has 0 aliphatic carbocycles. The highest BCUT2D eigenvalue weighted by Gasteiger charge is 2.49. The third-order valence-electron chi connectivity index (χ3n) is 2.44. The van der Waals surface area contributed by atoms with Crippen LogP contribution in [0.2, 0.25) is 0 Å². The Morgan fingerprint density at radius 3 is 2.68 bits per heavy atom. The van der Waals surface area contributed by atoms with Crippen LogP contribution in [0, 0.1) is 0 Å². The van der Waals surface area contributed by atoms with Gasteiger partial charge in [-0.2, -0.15) is 8.78 Å². The van der Waals surface area contributed by atoms with Crippen molar-refractivity contribution in [2.24, 2.45) is 5.73 Å². The van der Waals surface area contributed by atoms with E-state index in [-0.39, 0.29) is 22.3 Å². The lowest BCUT2D eigenvalue weighted by atomic mass is 9.99. The minimum absolute atomic E-state index is 0.117. The smallest absolute Gasteiger partial charge is 0.379 e. The lowest BCUT2D eigenvalue weighted by Gasteiger charge is -2.23. The molecule has 0 heterocycles. The van der Waals surface area contributed by atoms with Gasteiger partial charge in [-0.15, -0.1) is 0 Å². The number of phenols is 1. The summed E-state index contributed by atoms with van der Waals surface area (Å²) < 4.78 is 32.0. The topological polar surface area (TPSA) is 98.6 Å². The van der Waals surface area contributed by atoms with Crippen LogP contribution in [0.25, 0.3) is 0 Å². The Morgan fingerprint density at radius 1 is 1.58 bits per heavy atom. The van der Waals surface area contributed by atoms with Crippen molar-refractivity contribution in [3.8, 4) is 5.75 Å². The summed E-state index contributed by atoms with van der Waals surface area (Å²) in [5, 5.41) is 9.70. The molecule has 0 bridgehead atoms. The summed E-state index contributed by atoms with van der Waals surface area (Å²) in [6.07, 6.45) is 0. The zero-order chi connectivity index (χ0) is 14.8. The molecule has 5 N–H and O–H groups in total. The van der Waals surface area contributed by atoms with Crippen LogP contribution < -0.4 is 11.5 Å².